The van der Waals surface area contributed by atoms with Crippen LogP contribution in [0.2, 0.25) is 0 Å². The van der Waals surface area contributed by atoms with Crippen molar-refractivity contribution in [2.45, 2.75) is 37.8 Å². The van der Waals surface area contributed by atoms with E-state index in [9.17, 15) is 5.11 Å². The molecule has 3 N–H and O–H groups in total. The fourth-order valence-corrected chi connectivity index (χ4v) is 1.86. The van der Waals surface area contributed by atoms with E-state index in [-0.39, 0.29) is 0 Å². The summed E-state index contributed by atoms with van der Waals surface area (Å²) in [6.45, 7) is 4.87. The molecule has 0 aromatic rings. The lowest BCUT2D eigenvalue weighted by molar-refractivity contribution is 0.0534. The zero-order valence-corrected chi connectivity index (χ0v) is 9.91. The van der Waals surface area contributed by atoms with Crippen molar-refractivity contribution in [1.82, 2.24) is 4.90 Å². The topological polar surface area (TPSA) is 58.7 Å². The molecule has 4 heteroatoms. The fourth-order valence-electron chi connectivity index (χ4n) is 1.86. The average Bonchev–Trinajstić information content (AvgIpc) is 2.70. The van der Waals surface area contributed by atoms with Gasteiger partial charge in [0.1, 0.15) is 0 Å². The van der Waals surface area contributed by atoms with Gasteiger partial charge in [-0.15, -0.1) is 0 Å². The minimum atomic E-state index is -0.701. The summed E-state index contributed by atoms with van der Waals surface area (Å²) in [5, 5.41) is 9.73. The summed E-state index contributed by atoms with van der Waals surface area (Å²) in [7, 11) is 2.12. The van der Waals surface area contributed by atoms with Crippen molar-refractivity contribution in [2.24, 2.45) is 5.73 Å². The van der Waals surface area contributed by atoms with E-state index in [0.717, 1.165) is 39.0 Å². The van der Waals surface area contributed by atoms with Crippen LogP contribution in [0.25, 0.3) is 0 Å². The van der Waals surface area contributed by atoms with Crippen molar-refractivity contribution in [3.05, 3.63) is 0 Å². The Morgan fingerprint density at radius 3 is 2.87 bits per heavy atom. The Bertz CT molecular complexity index is 179. The molecule has 0 spiro atoms. The summed E-state index contributed by atoms with van der Waals surface area (Å²) < 4.78 is 5.34. The van der Waals surface area contributed by atoms with Crippen molar-refractivity contribution in [1.29, 1.82) is 0 Å². The number of rotatable bonds is 6. The Morgan fingerprint density at radius 1 is 1.60 bits per heavy atom. The molecule has 1 fully saturated rings. The molecule has 0 radical (unpaired) electrons. The van der Waals surface area contributed by atoms with Crippen LogP contribution in [0.5, 0.6) is 0 Å². The molecular weight excluding hydrogens is 192 g/mol. The molecule has 0 saturated carbocycles. The molecule has 1 saturated heterocycles. The number of hydrogen-bond acceptors (Lipinski definition) is 4. The van der Waals surface area contributed by atoms with Crippen LogP contribution in [-0.2, 0) is 4.74 Å². The molecule has 4 nitrogen and oxygen atoms in total. The van der Waals surface area contributed by atoms with E-state index >= 15 is 0 Å². The van der Waals surface area contributed by atoms with Crippen LogP contribution in [-0.4, -0.2) is 55.0 Å². The first-order valence-corrected chi connectivity index (χ1v) is 5.75. The highest BCUT2D eigenvalue weighted by molar-refractivity contribution is 4.76. The van der Waals surface area contributed by atoms with Crippen molar-refractivity contribution >= 4 is 0 Å². The molecular formula is C11H24N2O2. The zero-order valence-electron chi connectivity index (χ0n) is 9.91. The molecule has 0 aromatic heterocycles. The van der Waals surface area contributed by atoms with Crippen LogP contribution in [0, 0.1) is 0 Å². The number of nitrogens with zero attached hydrogens (tertiary/aromatic N) is 1. The van der Waals surface area contributed by atoms with Crippen molar-refractivity contribution < 1.29 is 9.84 Å². The lowest BCUT2D eigenvalue weighted by Gasteiger charge is -2.25. The maximum atomic E-state index is 9.73. The van der Waals surface area contributed by atoms with Gasteiger partial charge >= 0.3 is 0 Å². The molecule has 90 valence electrons. The van der Waals surface area contributed by atoms with Crippen LogP contribution < -0.4 is 5.73 Å². The maximum Gasteiger partial charge on any atom is 0.0741 e. The summed E-state index contributed by atoms with van der Waals surface area (Å²) in [5.41, 5.74) is 4.76. The largest absolute Gasteiger partial charge is 0.389 e. The van der Waals surface area contributed by atoms with Crippen LogP contribution in [0.15, 0.2) is 0 Å². The van der Waals surface area contributed by atoms with Gasteiger partial charge in [0.15, 0.2) is 0 Å². The quantitative estimate of drug-likeness (QED) is 0.666. The Balaban J connectivity index is 2.13. The number of nitrogens with two attached hydrogens (primary N) is 1. The number of ether oxygens (including phenoxy) is 1. The maximum absolute atomic E-state index is 9.73. The standard InChI is InChI=1S/C11H24N2O2/c1-11(14,9-12)5-3-6-13(2)10-4-7-15-8-10/h10,14H,3-9,12H2,1-2H3. The number of aliphatic hydroxyl groups is 1. The summed E-state index contributed by atoms with van der Waals surface area (Å²) in [4.78, 5) is 2.32. The molecule has 2 unspecified atom stereocenters. The van der Waals surface area contributed by atoms with Crippen molar-refractivity contribution in [3.63, 3.8) is 0 Å². The van der Waals surface area contributed by atoms with Crippen molar-refractivity contribution in [3.8, 4) is 0 Å². The summed E-state index contributed by atoms with van der Waals surface area (Å²) in [6, 6.07) is 0.563. The third kappa shape index (κ3) is 4.47. The van der Waals surface area contributed by atoms with Gasteiger partial charge in [-0.25, -0.2) is 0 Å². The van der Waals surface area contributed by atoms with Gasteiger partial charge in [0, 0.05) is 19.2 Å². The first-order valence-electron chi connectivity index (χ1n) is 5.75. The molecule has 1 aliphatic heterocycles. The molecule has 1 rings (SSSR count). The van der Waals surface area contributed by atoms with E-state index < -0.39 is 5.60 Å². The second-order valence-electron chi connectivity index (χ2n) is 4.80. The zero-order chi connectivity index (χ0) is 11.3. The minimum Gasteiger partial charge on any atom is -0.389 e. The highest BCUT2D eigenvalue weighted by Crippen LogP contribution is 2.14. The second-order valence-corrected chi connectivity index (χ2v) is 4.80. The third-order valence-electron chi connectivity index (χ3n) is 3.19. The SMILES string of the molecule is CN(CCCC(C)(O)CN)C1CCOC1. The van der Waals surface area contributed by atoms with Crippen LogP contribution in [0.4, 0.5) is 0 Å². The minimum absolute atomic E-state index is 0.337. The van der Waals surface area contributed by atoms with E-state index in [4.69, 9.17) is 10.5 Å². The smallest absolute Gasteiger partial charge is 0.0741 e. The molecule has 1 aliphatic rings. The Hall–Kier alpha value is -0.160. The fraction of sp³-hybridized carbons (Fsp3) is 1.00. The van der Waals surface area contributed by atoms with Crippen LogP contribution in [0.3, 0.4) is 0 Å². The third-order valence-corrected chi connectivity index (χ3v) is 3.19. The lowest BCUT2D eigenvalue weighted by Crippen LogP contribution is -2.37. The number of hydrogen-bond donors (Lipinski definition) is 2. The van der Waals surface area contributed by atoms with Gasteiger partial charge in [-0.1, -0.05) is 0 Å². The predicted octanol–water partition coefficient (Wildman–Crippen LogP) is 0.197. The van der Waals surface area contributed by atoms with Gasteiger partial charge in [0.05, 0.1) is 12.2 Å². The first-order chi connectivity index (χ1) is 7.05. The van der Waals surface area contributed by atoms with E-state index in [1.807, 2.05) is 0 Å². The molecule has 0 aliphatic carbocycles. The van der Waals surface area contributed by atoms with Gasteiger partial charge in [-0.2, -0.15) is 0 Å². The van der Waals surface area contributed by atoms with E-state index in [2.05, 4.69) is 11.9 Å². The van der Waals surface area contributed by atoms with Gasteiger partial charge in [-0.3, -0.25) is 0 Å². The first kappa shape index (κ1) is 12.9. The molecule has 15 heavy (non-hydrogen) atoms. The summed E-state index contributed by atoms with van der Waals surface area (Å²) in [6.07, 6.45) is 2.88. The highest BCUT2D eigenvalue weighted by Gasteiger charge is 2.21. The number of likely N-dealkylation sites (N-methyl/N-ethyl adjacent to an activating group) is 1. The second kappa shape index (κ2) is 5.80. The summed E-state index contributed by atoms with van der Waals surface area (Å²) >= 11 is 0. The van der Waals surface area contributed by atoms with Crippen LogP contribution >= 0.6 is 0 Å². The molecule has 0 aromatic carbocycles. The molecule has 0 amide bonds. The molecule has 2 atom stereocenters. The van der Waals surface area contributed by atoms with Crippen LogP contribution in [0.1, 0.15) is 26.2 Å². The van der Waals surface area contributed by atoms with Gasteiger partial charge in [0.25, 0.3) is 0 Å². The normalized spacial score (nSPS) is 25.8. The highest BCUT2D eigenvalue weighted by atomic mass is 16.5. The predicted molar refractivity (Wildman–Crippen MR) is 60.8 cm³/mol. The Morgan fingerprint density at radius 2 is 2.33 bits per heavy atom. The van der Waals surface area contributed by atoms with Gasteiger partial charge in [-0.05, 0) is 39.8 Å². The van der Waals surface area contributed by atoms with E-state index in [1.54, 1.807) is 6.92 Å². The monoisotopic (exact) mass is 216 g/mol. The Labute approximate surface area is 92.4 Å². The lowest BCUT2D eigenvalue weighted by atomic mass is 10.0. The average molecular weight is 216 g/mol. The van der Waals surface area contributed by atoms with Crippen molar-refractivity contribution in [2.75, 3.05) is 33.4 Å². The Kier molecular flexibility index (Phi) is 4.99. The van der Waals surface area contributed by atoms with Gasteiger partial charge in [0.2, 0.25) is 0 Å². The van der Waals surface area contributed by atoms with E-state index in [1.165, 1.54) is 0 Å². The summed E-state index contributed by atoms with van der Waals surface area (Å²) in [5.74, 6) is 0. The van der Waals surface area contributed by atoms with Gasteiger partial charge < -0.3 is 20.5 Å². The molecule has 0 bridgehead atoms. The molecule has 1 heterocycles. The van der Waals surface area contributed by atoms with E-state index in [0.29, 0.717) is 12.6 Å².